The Balaban J connectivity index is 1.63. The molecule has 0 atom stereocenters. The second-order valence-corrected chi connectivity index (χ2v) is 6.65. The first-order chi connectivity index (χ1) is 12.3. The molecule has 0 unspecified atom stereocenters. The maximum atomic E-state index is 11.6. The summed E-state index contributed by atoms with van der Waals surface area (Å²) in [6, 6.07) is 5.58. The SMILES string of the molecule is Cc1cc(C)cc(OCC(=O)OCC(=O)NCCN2C(=O)CSC2=O)c1. The Bertz CT molecular complexity index is 685. The Morgan fingerprint density at radius 3 is 2.46 bits per heavy atom. The summed E-state index contributed by atoms with van der Waals surface area (Å²) in [6.45, 7) is 3.29. The van der Waals surface area contributed by atoms with Crippen molar-refractivity contribution < 1.29 is 28.7 Å². The Morgan fingerprint density at radius 2 is 1.85 bits per heavy atom. The Hall–Kier alpha value is -2.55. The quantitative estimate of drug-likeness (QED) is 0.672. The molecule has 1 aromatic carbocycles. The smallest absolute Gasteiger partial charge is 0.344 e. The standard InChI is InChI=1S/C17H20N2O6S/c1-11-5-12(2)7-13(6-11)24-9-16(22)25-8-14(20)18-3-4-19-15(21)10-26-17(19)23/h5-7H,3-4,8-10H2,1-2H3,(H,18,20). The van der Waals surface area contributed by atoms with Gasteiger partial charge in [0.15, 0.2) is 13.2 Å². The second kappa shape index (κ2) is 9.23. The Morgan fingerprint density at radius 1 is 1.15 bits per heavy atom. The first-order valence-electron chi connectivity index (χ1n) is 7.95. The number of nitrogens with one attached hydrogen (secondary N) is 1. The summed E-state index contributed by atoms with van der Waals surface area (Å²) in [6.07, 6.45) is 0. The highest BCUT2D eigenvalue weighted by atomic mass is 32.2. The molecule has 0 radical (unpaired) electrons. The number of nitrogens with zero attached hydrogens (tertiary/aromatic N) is 1. The number of hydrogen-bond acceptors (Lipinski definition) is 7. The number of carbonyl (C=O) groups is 4. The molecule has 0 saturated carbocycles. The van der Waals surface area contributed by atoms with Crippen molar-refractivity contribution in [2.75, 3.05) is 32.1 Å². The molecular formula is C17H20N2O6S. The number of aryl methyl sites for hydroxylation is 2. The summed E-state index contributed by atoms with van der Waals surface area (Å²) >= 11 is 0.933. The van der Waals surface area contributed by atoms with Gasteiger partial charge in [0.05, 0.1) is 5.75 Å². The predicted octanol–water partition coefficient (Wildman–Crippen LogP) is 1.04. The van der Waals surface area contributed by atoms with E-state index in [1.54, 1.807) is 12.1 Å². The zero-order chi connectivity index (χ0) is 19.1. The van der Waals surface area contributed by atoms with Crippen molar-refractivity contribution in [2.45, 2.75) is 13.8 Å². The predicted molar refractivity (Wildman–Crippen MR) is 94.9 cm³/mol. The van der Waals surface area contributed by atoms with Crippen LogP contribution in [0.5, 0.6) is 5.75 Å². The van der Waals surface area contributed by atoms with E-state index in [2.05, 4.69) is 5.32 Å². The fraction of sp³-hybridized carbons (Fsp3) is 0.412. The van der Waals surface area contributed by atoms with Gasteiger partial charge in [-0.05, 0) is 37.1 Å². The van der Waals surface area contributed by atoms with E-state index < -0.39 is 18.5 Å². The van der Waals surface area contributed by atoms with Crippen molar-refractivity contribution in [2.24, 2.45) is 0 Å². The highest BCUT2D eigenvalue weighted by molar-refractivity contribution is 8.14. The van der Waals surface area contributed by atoms with Crippen molar-refractivity contribution in [1.82, 2.24) is 10.2 Å². The molecular weight excluding hydrogens is 360 g/mol. The lowest BCUT2D eigenvalue weighted by Crippen LogP contribution is -2.39. The van der Waals surface area contributed by atoms with E-state index in [9.17, 15) is 19.2 Å². The molecule has 26 heavy (non-hydrogen) atoms. The van der Waals surface area contributed by atoms with Crippen molar-refractivity contribution in [1.29, 1.82) is 0 Å². The van der Waals surface area contributed by atoms with Crippen LogP contribution in [0, 0.1) is 13.8 Å². The van der Waals surface area contributed by atoms with E-state index in [4.69, 9.17) is 9.47 Å². The molecule has 1 aromatic rings. The number of esters is 1. The van der Waals surface area contributed by atoms with Crippen LogP contribution in [-0.2, 0) is 19.1 Å². The van der Waals surface area contributed by atoms with Gasteiger partial charge in [0.2, 0.25) is 5.91 Å². The molecule has 1 heterocycles. The number of ether oxygens (including phenoxy) is 2. The molecule has 1 aliphatic heterocycles. The third-order valence-corrected chi connectivity index (χ3v) is 4.27. The summed E-state index contributed by atoms with van der Waals surface area (Å²) in [7, 11) is 0. The van der Waals surface area contributed by atoms with Gasteiger partial charge in [0.25, 0.3) is 11.1 Å². The molecule has 2 rings (SSSR count). The van der Waals surface area contributed by atoms with E-state index in [1.807, 2.05) is 19.9 Å². The average molecular weight is 380 g/mol. The molecule has 9 heteroatoms. The van der Waals surface area contributed by atoms with Crippen LogP contribution in [0.4, 0.5) is 4.79 Å². The van der Waals surface area contributed by atoms with Gasteiger partial charge in [-0.2, -0.15) is 0 Å². The molecule has 1 saturated heterocycles. The number of amides is 3. The molecule has 0 spiro atoms. The monoisotopic (exact) mass is 380 g/mol. The second-order valence-electron chi connectivity index (χ2n) is 5.72. The van der Waals surface area contributed by atoms with Crippen molar-refractivity contribution in [3.8, 4) is 5.75 Å². The van der Waals surface area contributed by atoms with Gasteiger partial charge in [0, 0.05) is 13.1 Å². The minimum atomic E-state index is -0.666. The Labute approximate surface area is 155 Å². The van der Waals surface area contributed by atoms with Gasteiger partial charge in [-0.25, -0.2) is 4.79 Å². The van der Waals surface area contributed by atoms with Crippen molar-refractivity contribution in [3.05, 3.63) is 29.3 Å². The molecule has 3 amide bonds. The molecule has 1 aliphatic rings. The fourth-order valence-electron chi connectivity index (χ4n) is 2.30. The van der Waals surface area contributed by atoms with Crippen LogP contribution in [0.3, 0.4) is 0 Å². The molecule has 0 aliphatic carbocycles. The lowest BCUT2D eigenvalue weighted by Gasteiger charge is -2.13. The number of thioether (sulfide) groups is 1. The van der Waals surface area contributed by atoms with E-state index in [0.29, 0.717) is 5.75 Å². The normalized spacial score (nSPS) is 13.7. The van der Waals surface area contributed by atoms with Gasteiger partial charge < -0.3 is 14.8 Å². The topological polar surface area (TPSA) is 102 Å². The zero-order valence-electron chi connectivity index (χ0n) is 14.6. The lowest BCUT2D eigenvalue weighted by molar-refractivity contribution is -0.150. The number of imide groups is 1. The van der Waals surface area contributed by atoms with E-state index in [0.717, 1.165) is 27.8 Å². The molecule has 140 valence electrons. The summed E-state index contributed by atoms with van der Waals surface area (Å²) in [5.74, 6) is -0.770. The summed E-state index contributed by atoms with van der Waals surface area (Å²) < 4.78 is 10.2. The van der Waals surface area contributed by atoms with Crippen molar-refractivity contribution >= 4 is 34.8 Å². The lowest BCUT2D eigenvalue weighted by atomic mass is 10.1. The molecule has 1 N–H and O–H groups in total. The van der Waals surface area contributed by atoms with Gasteiger partial charge in [-0.1, -0.05) is 17.8 Å². The van der Waals surface area contributed by atoms with Crippen LogP contribution in [-0.4, -0.2) is 60.0 Å². The summed E-state index contributed by atoms with van der Waals surface area (Å²) in [5.41, 5.74) is 2.03. The van der Waals surface area contributed by atoms with E-state index in [-0.39, 0.29) is 36.6 Å². The maximum Gasteiger partial charge on any atom is 0.344 e. The molecule has 1 fully saturated rings. The minimum Gasteiger partial charge on any atom is -0.482 e. The summed E-state index contributed by atoms with van der Waals surface area (Å²) in [4.78, 5) is 47.1. The first kappa shape index (κ1) is 19.8. The van der Waals surface area contributed by atoms with Gasteiger partial charge in [-0.3, -0.25) is 19.3 Å². The number of hydrogen-bond donors (Lipinski definition) is 1. The first-order valence-corrected chi connectivity index (χ1v) is 8.94. The van der Waals surface area contributed by atoms with Crippen LogP contribution >= 0.6 is 11.8 Å². The highest BCUT2D eigenvalue weighted by Crippen LogP contribution is 2.17. The number of benzene rings is 1. The molecule has 0 aromatic heterocycles. The van der Waals surface area contributed by atoms with Gasteiger partial charge >= 0.3 is 5.97 Å². The maximum absolute atomic E-state index is 11.6. The largest absolute Gasteiger partial charge is 0.482 e. The average Bonchev–Trinajstić information content (AvgIpc) is 2.89. The van der Waals surface area contributed by atoms with Gasteiger partial charge in [0.1, 0.15) is 5.75 Å². The number of carbonyl (C=O) groups excluding carboxylic acids is 4. The van der Waals surface area contributed by atoms with Crippen LogP contribution in [0.25, 0.3) is 0 Å². The van der Waals surface area contributed by atoms with E-state index >= 15 is 0 Å². The fourth-order valence-corrected chi connectivity index (χ4v) is 3.05. The summed E-state index contributed by atoms with van der Waals surface area (Å²) in [5, 5.41) is 2.16. The van der Waals surface area contributed by atoms with Crippen LogP contribution < -0.4 is 10.1 Å². The minimum absolute atomic E-state index is 0.0974. The third-order valence-electron chi connectivity index (χ3n) is 3.41. The number of rotatable bonds is 8. The highest BCUT2D eigenvalue weighted by Gasteiger charge is 2.29. The van der Waals surface area contributed by atoms with Crippen LogP contribution in [0.2, 0.25) is 0 Å². The van der Waals surface area contributed by atoms with Gasteiger partial charge in [-0.15, -0.1) is 0 Å². The molecule has 0 bridgehead atoms. The Kier molecular flexibility index (Phi) is 7.02. The van der Waals surface area contributed by atoms with Crippen LogP contribution in [0.15, 0.2) is 18.2 Å². The zero-order valence-corrected chi connectivity index (χ0v) is 15.4. The third kappa shape index (κ3) is 6.07. The van der Waals surface area contributed by atoms with Crippen LogP contribution in [0.1, 0.15) is 11.1 Å². The molecule has 8 nitrogen and oxygen atoms in total. The van der Waals surface area contributed by atoms with E-state index in [1.165, 1.54) is 0 Å². The van der Waals surface area contributed by atoms with Crippen molar-refractivity contribution in [3.63, 3.8) is 0 Å².